The first-order valence-corrected chi connectivity index (χ1v) is 6.73. The van der Waals surface area contributed by atoms with E-state index in [-0.39, 0.29) is 23.9 Å². The van der Waals surface area contributed by atoms with Gasteiger partial charge in [-0.1, -0.05) is 24.6 Å². The fraction of sp³-hybridized carbons (Fsp3) is 0.667. The molecule has 0 bridgehead atoms. The number of carbonyl (C=O) groups is 1. The maximum Gasteiger partial charge on any atom is 0.309 e. The van der Waals surface area contributed by atoms with Gasteiger partial charge in [0.1, 0.15) is 6.10 Å². The van der Waals surface area contributed by atoms with Crippen molar-refractivity contribution in [3.8, 4) is 0 Å². The highest BCUT2D eigenvalue weighted by Crippen LogP contribution is 2.51. The maximum absolute atomic E-state index is 11.7. The lowest BCUT2D eigenvalue weighted by atomic mass is 9.83. The molecule has 0 radical (unpaired) electrons. The van der Waals surface area contributed by atoms with Crippen LogP contribution in [0.25, 0.3) is 0 Å². The molecule has 3 heteroatoms. The maximum atomic E-state index is 11.7. The van der Waals surface area contributed by atoms with Crippen molar-refractivity contribution in [3.05, 3.63) is 23.8 Å². The average Bonchev–Trinajstić information content (AvgIpc) is 3.02. The van der Waals surface area contributed by atoms with Gasteiger partial charge in [0.15, 0.2) is 0 Å². The molecule has 0 aromatic carbocycles. The number of fused-ring (bicyclic) bond motifs is 2. The van der Waals surface area contributed by atoms with Gasteiger partial charge in [-0.2, -0.15) is 0 Å². The Labute approximate surface area is 108 Å². The Bertz CT molecular complexity index is 437. The minimum Gasteiger partial charge on any atom is -0.457 e. The van der Waals surface area contributed by atoms with Crippen LogP contribution in [0.4, 0.5) is 0 Å². The molecule has 1 saturated carbocycles. The van der Waals surface area contributed by atoms with E-state index >= 15 is 0 Å². The molecule has 3 nitrogen and oxygen atoms in total. The van der Waals surface area contributed by atoms with Crippen molar-refractivity contribution < 1.29 is 14.6 Å². The smallest absolute Gasteiger partial charge is 0.309 e. The Hall–Kier alpha value is -1.09. The molecule has 98 valence electrons. The monoisotopic (exact) mass is 248 g/mol. The second-order valence-corrected chi connectivity index (χ2v) is 6.06. The fourth-order valence-electron chi connectivity index (χ4n) is 3.55. The number of ether oxygens (including phenoxy) is 1. The Morgan fingerprint density at radius 3 is 2.89 bits per heavy atom. The summed E-state index contributed by atoms with van der Waals surface area (Å²) in [7, 11) is 0. The molecular formula is C15H20O3. The van der Waals surface area contributed by atoms with Gasteiger partial charge in [0.05, 0.1) is 12.0 Å². The van der Waals surface area contributed by atoms with Crippen molar-refractivity contribution in [1.82, 2.24) is 0 Å². The summed E-state index contributed by atoms with van der Waals surface area (Å²) in [5.41, 5.74) is 2.42. The van der Waals surface area contributed by atoms with Gasteiger partial charge in [0.25, 0.3) is 0 Å². The summed E-state index contributed by atoms with van der Waals surface area (Å²) in [6, 6.07) is 0. The molecule has 1 heterocycles. The Kier molecular flexibility index (Phi) is 2.63. The van der Waals surface area contributed by atoms with Crippen LogP contribution in [0.1, 0.15) is 26.7 Å². The summed E-state index contributed by atoms with van der Waals surface area (Å²) in [5.74, 6) is 0.545. The molecule has 0 aromatic heterocycles. The second-order valence-electron chi connectivity index (χ2n) is 6.06. The van der Waals surface area contributed by atoms with Gasteiger partial charge in [-0.3, -0.25) is 4.79 Å². The molecule has 0 aromatic rings. The molecule has 18 heavy (non-hydrogen) atoms. The van der Waals surface area contributed by atoms with Crippen molar-refractivity contribution in [2.24, 2.45) is 23.7 Å². The highest BCUT2D eigenvalue weighted by Gasteiger charge is 2.49. The van der Waals surface area contributed by atoms with Gasteiger partial charge in [-0.05, 0) is 37.7 Å². The lowest BCUT2D eigenvalue weighted by Gasteiger charge is -2.23. The van der Waals surface area contributed by atoms with Crippen molar-refractivity contribution in [1.29, 1.82) is 0 Å². The van der Waals surface area contributed by atoms with E-state index in [2.05, 4.69) is 19.6 Å². The van der Waals surface area contributed by atoms with E-state index in [1.807, 2.05) is 6.92 Å². The van der Waals surface area contributed by atoms with Crippen LogP contribution >= 0.6 is 0 Å². The first kappa shape index (κ1) is 12.0. The summed E-state index contributed by atoms with van der Waals surface area (Å²) in [6.07, 6.45) is 3.01. The van der Waals surface area contributed by atoms with Gasteiger partial charge < -0.3 is 9.84 Å². The zero-order valence-corrected chi connectivity index (χ0v) is 10.9. The van der Waals surface area contributed by atoms with Crippen molar-refractivity contribution in [2.45, 2.75) is 38.9 Å². The number of hydrogen-bond donors (Lipinski definition) is 1. The van der Waals surface area contributed by atoms with Gasteiger partial charge in [-0.25, -0.2) is 0 Å². The van der Waals surface area contributed by atoms with Crippen LogP contribution in [-0.2, 0) is 9.53 Å². The lowest BCUT2D eigenvalue weighted by Crippen LogP contribution is -2.31. The van der Waals surface area contributed by atoms with Crippen LogP contribution in [0.3, 0.4) is 0 Å². The topological polar surface area (TPSA) is 46.5 Å². The van der Waals surface area contributed by atoms with Crippen LogP contribution in [0, 0.1) is 23.7 Å². The molecule has 1 saturated heterocycles. The van der Waals surface area contributed by atoms with E-state index < -0.39 is 6.10 Å². The largest absolute Gasteiger partial charge is 0.457 e. The van der Waals surface area contributed by atoms with Gasteiger partial charge in [-0.15, -0.1) is 0 Å². The Morgan fingerprint density at radius 2 is 2.17 bits per heavy atom. The molecule has 2 aliphatic carbocycles. The third-order valence-electron chi connectivity index (χ3n) is 4.82. The van der Waals surface area contributed by atoms with Gasteiger partial charge in [0, 0.05) is 5.92 Å². The SMILES string of the molecule is C=C1C[C@@H](O)[C@@H]2[C@@H](/C=C(/C)[C@@H]3C[C@@H]13)OC(=O)[C@@H]2C. The third-order valence-corrected chi connectivity index (χ3v) is 4.82. The lowest BCUT2D eigenvalue weighted by molar-refractivity contribution is -0.142. The summed E-state index contributed by atoms with van der Waals surface area (Å²) < 4.78 is 5.41. The predicted molar refractivity (Wildman–Crippen MR) is 67.7 cm³/mol. The number of carbonyl (C=O) groups excluding carboxylic acids is 1. The quantitative estimate of drug-likeness (QED) is 0.527. The molecular weight excluding hydrogens is 228 g/mol. The van der Waals surface area contributed by atoms with Crippen LogP contribution < -0.4 is 0 Å². The summed E-state index contributed by atoms with van der Waals surface area (Å²) in [5, 5.41) is 10.4. The zero-order valence-electron chi connectivity index (χ0n) is 10.9. The van der Waals surface area contributed by atoms with E-state index in [0.717, 1.165) is 12.0 Å². The number of esters is 1. The summed E-state index contributed by atoms with van der Waals surface area (Å²) in [6.45, 7) is 8.06. The Balaban J connectivity index is 1.95. The van der Waals surface area contributed by atoms with E-state index in [1.165, 1.54) is 5.57 Å². The molecule has 2 fully saturated rings. The number of hydrogen-bond acceptors (Lipinski definition) is 3. The highest BCUT2D eigenvalue weighted by molar-refractivity contribution is 5.75. The van der Waals surface area contributed by atoms with E-state index in [9.17, 15) is 9.90 Å². The number of aliphatic hydroxyl groups excluding tert-OH is 1. The zero-order chi connectivity index (χ0) is 13.0. The fourth-order valence-corrected chi connectivity index (χ4v) is 3.55. The molecule has 6 atom stereocenters. The number of allylic oxidation sites excluding steroid dienone is 1. The standard InChI is InChI=1S/C15H20O3/c1-7-4-12(16)14-9(3)15(17)18-13(14)5-8(2)11-6-10(7)11/h5,9-14,16H,1,4,6H2,2-3H3/b8-5-/t9-,10+,11+,12-,13-,14-/m1/s1. The number of rotatable bonds is 0. The molecule has 3 rings (SSSR count). The normalized spacial score (nSPS) is 50.1. The Morgan fingerprint density at radius 1 is 1.44 bits per heavy atom. The number of aliphatic hydroxyl groups is 1. The van der Waals surface area contributed by atoms with Crippen LogP contribution in [0.15, 0.2) is 23.8 Å². The first-order valence-electron chi connectivity index (χ1n) is 6.73. The minimum absolute atomic E-state index is 0.123. The highest BCUT2D eigenvalue weighted by atomic mass is 16.6. The summed E-state index contributed by atoms with van der Waals surface area (Å²) in [4.78, 5) is 11.7. The van der Waals surface area contributed by atoms with Crippen LogP contribution in [0.5, 0.6) is 0 Å². The average molecular weight is 248 g/mol. The van der Waals surface area contributed by atoms with E-state index in [0.29, 0.717) is 18.3 Å². The van der Waals surface area contributed by atoms with E-state index in [1.54, 1.807) is 0 Å². The van der Waals surface area contributed by atoms with Gasteiger partial charge >= 0.3 is 5.97 Å². The van der Waals surface area contributed by atoms with Crippen LogP contribution in [-0.4, -0.2) is 23.3 Å². The molecule has 1 N–H and O–H groups in total. The second kappa shape index (κ2) is 3.95. The predicted octanol–water partition coefficient (Wildman–Crippen LogP) is 2.07. The van der Waals surface area contributed by atoms with Crippen molar-refractivity contribution in [3.63, 3.8) is 0 Å². The van der Waals surface area contributed by atoms with E-state index in [4.69, 9.17) is 4.74 Å². The van der Waals surface area contributed by atoms with Crippen molar-refractivity contribution in [2.75, 3.05) is 0 Å². The molecule has 0 unspecified atom stereocenters. The molecule has 0 amide bonds. The van der Waals surface area contributed by atoms with Gasteiger partial charge in [0.2, 0.25) is 0 Å². The first-order chi connectivity index (χ1) is 8.49. The molecule has 3 aliphatic rings. The molecule has 1 aliphatic heterocycles. The molecule has 0 spiro atoms. The minimum atomic E-state index is -0.521. The van der Waals surface area contributed by atoms with Crippen molar-refractivity contribution >= 4 is 5.97 Å². The van der Waals surface area contributed by atoms with Crippen LogP contribution in [0.2, 0.25) is 0 Å². The summed E-state index contributed by atoms with van der Waals surface area (Å²) >= 11 is 0. The third kappa shape index (κ3) is 1.72.